The Morgan fingerprint density at radius 1 is 1.17 bits per heavy atom. The smallest absolute Gasteiger partial charge is 0.341 e. The summed E-state index contributed by atoms with van der Waals surface area (Å²) in [5.74, 6) is -2.84. The van der Waals surface area contributed by atoms with Crippen LogP contribution in [0.4, 0.5) is 14.5 Å². The number of nitrogens with zero attached hydrogens (tertiary/aromatic N) is 1. The second kappa shape index (κ2) is 6.29. The molecule has 1 fully saturated rings. The van der Waals surface area contributed by atoms with Gasteiger partial charge in [0.05, 0.1) is 30.0 Å². The molecule has 3 rings (SSSR count). The van der Waals surface area contributed by atoms with Crippen molar-refractivity contribution in [3.8, 4) is 0 Å². The van der Waals surface area contributed by atoms with E-state index in [9.17, 15) is 17.2 Å². The third-order valence-corrected chi connectivity index (χ3v) is 5.10. The zero-order valence-electron chi connectivity index (χ0n) is 12.1. The van der Waals surface area contributed by atoms with Crippen LogP contribution in [0.3, 0.4) is 0 Å². The largest absolute Gasteiger partial charge is 0.467 e. The van der Waals surface area contributed by atoms with Crippen LogP contribution in [0.2, 0.25) is 0 Å². The molecule has 23 heavy (non-hydrogen) atoms. The summed E-state index contributed by atoms with van der Waals surface area (Å²) < 4.78 is 60.5. The summed E-state index contributed by atoms with van der Waals surface area (Å²) in [4.78, 5) is 1.36. The van der Waals surface area contributed by atoms with Crippen molar-refractivity contribution in [3.63, 3.8) is 0 Å². The van der Waals surface area contributed by atoms with E-state index in [0.29, 0.717) is 25.5 Å². The highest BCUT2D eigenvalue weighted by Crippen LogP contribution is 2.32. The Hall–Kier alpha value is -1.93. The van der Waals surface area contributed by atoms with Crippen LogP contribution in [0, 0.1) is 0 Å². The predicted octanol–water partition coefficient (Wildman–Crippen LogP) is 2.85. The van der Waals surface area contributed by atoms with Crippen molar-refractivity contribution in [1.29, 1.82) is 0 Å². The number of furan rings is 1. The molecule has 8 heteroatoms. The van der Waals surface area contributed by atoms with Gasteiger partial charge in [0, 0.05) is 6.54 Å². The van der Waals surface area contributed by atoms with Crippen molar-refractivity contribution >= 4 is 15.5 Å². The van der Waals surface area contributed by atoms with E-state index in [0.717, 1.165) is 0 Å². The van der Waals surface area contributed by atoms with Gasteiger partial charge in [-0.15, -0.1) is 0 Å². The minimum atomic E-state index is -4.67. The van der Waals surface area contributed by atoms with Crippen molar-refractivity contribution in [2.75, 3.05) is 24.6 Å². The van der Waals surface area contributed by atoms with Gasteiger partial charge >= 0.3 is 5.76 Å². The molecule has 0 spiro atoms. The number of para-hydroxylation sites is 1. The molecule has 124 valence electrons. The molecule has 1 unspecified atom stereocenters. The molecule has 2 heterocycles. The van der Waals surface area contributed by atoms with Gasteiger partial charge in [-0.05, 0) is 24.3 Å². The minimum absolute atomic E-state index is 0.257. The molecule has 0 saturated carbocycles. The summed E-state index contributed by atoms with van der Waals surface area (Å²) in [5, 5.41) is 0. The summed E-state index contributed by atoms with van der Waals surface area (Å²) in [5.41, 5.74) is 0.257. The van der Waals surface area contributed by atoms with Gasteiger partial charge in [-0.25, -0.2) is 8.42 Å². The first kappa shape index (κ1) is 15.9. The quantitative estimate of drug-likeness (QED) is 0.854. The van der Waals surface area contributed by atoms with Gasteiger partial charge in [-0.1, -0.05) is 12.1 Å². The standard InChI is InChI=1S/C15H15F2NO4S/c16-15(17)23(19,20)14-6-2-1-4-11(14)18-7-9-22-13(10-18)12-5-3-8-21-12/h1-6,8,13,15H,7,9-10H2. The average molecular weight is 343 g/mol. The normalized spacial score (nSPS) is 19.3. The topological polar surface area (TPSA) is 59.8 Å². The SMILES string of the molecule is O=S(=O)(c1ccccc1N1CCOC(c2ccco2)C1)C(F)F. The Morgan fingerprint density at radius 3 is 2.65 bits per heavy atom. The van der Waals surface area contributed by atoms with Crippen LogP contribution in [0.1, 0.15) is 11.9 Å². The maximum Gasteiger partial charge on any atom is 0.341 e. The number of ether oxygens (including phenoxy) is 1. The minimum Gasteiger partial charge on any atom is -0.467 e. The molecule has 0 amide bonds. The van der Waals surface area contributed by atoms with E-state index in [1.165, 1.54) is 24.5 Å². The zero-order chi connectivity index (χ0) is 16.4. The highest BCUT2D eigenvalue weighted by molar-refractivity contribution is 7.91. The Morgan fingerprint density at radius 2 is 1.96 bits per heavy atom. The first-order chi connectivity index (χ1) is 11.0. The number of hydrogen-bond acceptors (Lipinski definition) is 5. The van der Waals surface area contributed by atoms with Gasteiger partial charge in [-0.2, -0.15) is 8.78 Å². The van der Waals surface area contributed by atoms with Crippen LogP contribution in [0.15, 0.2) is 52.0 Å². The van der Waals surface area contributed by atoms with Crippen molar-refractivity contribution in [1.82, 2.24) is 0 Å². The number of rotatable bonds is 4. The fraction of sp³-hybridized carbons (Fsp3) is 0.333. The molecular formula is C15H15F2NO4S. The fourth-order valence-corrected chi connectivity index (χ4v) is 3.52. The van der Waals surface area contributed by atoms with Gasteiger partial charge in [0.25, 0.3) is 0 Å². The van der Waals surface area contributed by atoms with Crippen LogP contribution in [0.5, 0.6) is 0 Å². The van der Waals surface area contributed by atoms with Gasteiger partial charge in [0.2, 0.25) is 9.84 Å². The molecule has 0 N–H and O–H groups in total. The molecule has 0 radical (unpaired) electrons. The predicted molar refractivity (Wildman–Crippen MR) is 79.2 cm³/mol. The summed E-state index contributed by atoms with van der Waals surface area (Å²) in [6.07, 6.45) is 1.15. The molecule has 1 aromatic carbocycles. The second-order valence-corrected chi connectivity index (χ2v) is 6.98. The van der Waals surface area contributed by atoms with Crippen LogP contribution in [-0.2, 0) is 14.6 Å². The lowest BCUT2D eigenvalue weighted by molar-refractivity contribution is 0.0256. The lowest BCUT2D eigenvalue weighted by Crippen LogP contribution is -2.39. The first-order valence-corrected chi connectivity index (χ1v) is 8.56. The zero-order valence-corrected chi connectivity index (χ0v) is 12.9. The van der Waals surface area contributed by atoms with Gasteiger partial charge in [0.1, 0.15) is 11.9 Å². The monoisotopic (exact) mass is 343 g/mol. The molecule has 1 saturated heterocycles. The molecule has 5 nitrogen and oxygen atoms in total. The Labute approximate surface area is 132 Å². The maximum atomic E-state index is 12.9. The Balaban J connectivity index is 1.93. The van der Waals surface area contributed by atoms with E-state index in [1.54, 1.807) is 23.1 Å². The van der Waals surface area contributed by atoms with Crippen LogP contribution in [-0.4, -0.2) is 33.9 Å². The van der Waals surface area contributed by atoms with Crippen LogP contribution < -0.4 is 4.90 Å². The molecule has 1 aromatic heterocycles. The summed E-state index contributed by atoms with van der Waals surface area (Å²) in [7, 11) is -4.67. The lowest BCUT2D eigenvalue weighted by atomic mass is 10.2. The lowest BCUT2D eigenvalue weighted by Gasteiger charge is -2.34. The first-order valence-electron chi connectivity index (χ1n) is 7.01. The molecule has 0 bridgehead atoms. The molecular weight excluding hydrogens is 328 g/mol. The second-order valence-electron chi connectivity index (χ2n) is 5.09. The highest BCUT2D eigenvalue weighted by atomic mass is 32.2. The highest BCUT2D eigenvalue weighted by Gasteiger charge is 2.32. The van der Waals surface area contributed by atoms with Gasteiger partial charge in [-0.3, -0.25) is 0 Å². The Kier molecular flexibility index (Phi) is 4.36. The number of alkyl halides is 2. The van der Waals surface area contributed by atoms with Crippen molar-refractivity contribution < 1.29 is 26.4 Å². The number of morpholine rings is 1. The van der Waals surface area contributed by atoms with Crippen molar-refractivity contribution in [2.45, 2.75) is 16.8 Å². The number of sulfone groups is 1. The number of benzene rings is 1. The molecule has 1 aliphatic heterocycles. The van der Waals surface area contributed by atoms with Crippen molar-refractivity contribution in [3.05, 3.63) is 48.4 Å². The third-order valence-electron chi connectivity index (χ3n) is 3.67. The Bertz CT molecular complexity index is 762. The number of anilines is 1. The van der Waals surface area contributed by atoms with Gasteiger partial charge in [0.15, 0.2) is 0 Å². The summed E-state index contributed by atoms with van der Waals surface area (Å²) in [6, 6.07) is 9.27. The van der Waals surface area contributed by atoms with Gasteiger partial charge < -0.3 is 14.1 Å². The fourth-order valence-electron chi connectivity index (χ4n) is 2.57. The molecule has 1 atom stereocenters. The van der Waals surface area contributed by atoms with E-state index < -0.39 is 15.6 Å². The molecule has 0 aliphatic carbocycles. The van der Waals surface area contributed by atoms with Crippen LogP contribution >= 0.6 is 0 Å². The van der Waals surface area contributed by atoms with E-state index in [1.807, 2.05) is 0 Å². The maximum absolute atomic E-state index is 12.9. The van der Waals surface area contributed by atoms with Crippen LogP contribution in [0.25, 0.3) is 0 Å². The molecule has 2 aromatic rings. The average Bonchev–Trinajstić information content (AvgIpc) is 3.09. The van der Waals surface area contributed by atoms with E-state index >= 15 is 0 Å². The summed E-state index contributed by atoms with van der Waals surface area (Å²) >= 11 is 0. The number of hydrogen-bond donors (Lipinski definition) is 0. The third kappa shape index (κ3) is 3.09. The molecule has 1 aliphatic rings. The van der Waals surface area contributed by atoms with E-state index in [4.69, 9.17) is 9.15 Å². The van der Waals surface area contributed by atoms with E-state index in [-0.39, 0.29) is 16.7 Å². The van der Waals surface area contributed by atoms with E-state index in [2.05, 4.69) is 0 Å². The number of halogens is 2. The summed E-state index contributed by atoms with van der Waals surface area (Å²) in [6.45, 7) is 1.07. The van der Waals surface area contributed by atoms with Crippen molar-refractivity contribution in [2.24, 2.45) is 0 Å².